The summed E-state index contributed by atoms with van der Waals surface area (Å²) in [5.41, 5.74) is 0.292. The highest BCUT2D eigenvalue weighted by Crippen LogP contribution is 2.41. The van der Waals surface area contributed by atoms with Crippen LogP contribution >= 0.6 is 0 Å². The molecule has 0 aliphatic carbocycles. The summed E-state index contributed by atoms with van der Waals surface area (Å²) in [6, 6.07) is 3.30. The maximum absolute atomic E-state index is 11.6. The van der Waals surface area contributed by atoms with Gasteiger partial charge in [-0.1, -0.05) is 0 Å². The summed E-state index contributed by atoms with van der Waals surface area (Å²) in [5, 5.41) is 10.0. The minimum Gasteiger partial charge on any atom is -0.493 e. The van der Waals surface area contributed by atoms with E-state index in [4.69, 9.17) is 14.2 Å². The second-order valence-corrected chi connectivity index (χ2v) is 5.12. The minimum absolute atomic E-state index is 0.357. The van der Waals surface area contributed by atoms with Crippen molar-refractivity contribution in [3.63, 3.8) is 0 Å². The molecule has 5 heteroatoms. The largest absolute Gasteiger partial charge is 0.493 e. The number of hydrogen-bond donors (Lipinski definition) is 1. The van der Waals surface area contributed by atoms with Crippen molar-refractivity contribution in [1.82, 2.24) is 0 Å². The molecule has 1 aromatic rings. The fourth-order valence-corrected chi connectivity index (χ4v) is 2.11. The highest BCUT2D eigenvalue weighted by molar-refractivity contribution is 5.90. The van der Waals surface area contributed by atoms with Gasteiger partial charge in [-0.2, -0.15) is 0 Å². The third-order valence-electron chi connectivity index (χ3n) is 3.23. The first-order valence-electron chi connectivity index (χ1n) is 6.05. The first-order valence-corrected chi connectivity index (χ1v) is 6.05. The Morgan fingerprint density at radius 2 is 2.11 bits per heavy atom. The van der Waals surface area contributed by atoms with E-state index in [2.05, 4.69) is 0 Å². The Kier molecular flexibility index (Phi) is 3.41. The zero-order valence-corrected chi connectivity index (χ0v) is 11.5. The molecule has 1 heterocycles. The molecule has 0 saturated carbocycles. The van der Waals surface area contributed by atoms with Crippen LogP contribution < -0.4 is 9.47 Å². The molecule has 0 spiro atoms. The summed E-state index contributed by atoms with van der Waals surface area (Å²) < 4.78 is 15.7. The fraction of sp³-hybridized carbons (Fsp3) is 0.500. The van der Waals surface area contributed by atoms with Crippen LogP contribution in [0.15, 0.2) is 12.1 Å². The number of aliphatic hydroxyl groups is 1. The molecule has 1 unspecified atom stereocenters. The zero-order chi connectivity index (χ0) is 14.2. The van der Waals surface area contributed by atoms with Crippen molar-refractivity contribution in [2.75, 3.05) is 14.2 Å². The third kappa shape index (κ3) is 2.51. The molecule has 0 bridgehead atoms. The molecule has 1 aliphatic rings. The Morgan fingerprint density at radius 1 is 1.42 bits per heavy atom. The number of hydrogen-bond acceptors (Lipinski definition) is 5. The van der Waals surface area contributed by atoms with Crippen molar-refractivity contribution < 1.29 is 24.1 Å². The van der Waals surface area contributed by atoms with Crippen molar-refractivity contribution in [3.8, 4) is 11.5 Å². The summed E-state index contributed by atoms with van der Waals surface area (Å²) in [6.07, 6.45) is 0.171. The van der Waals surface area contributed by atoms with Gasteiger partial charge in [-0.05, 0) is 26.0 Å². The van der Waals surface area contributed by atoms with Gasteiger partial charge in [-0.3, -0.25) is 0 Å². The Labute approximate surface area is 112 Å². The number of carbonyl (C=O) groups excluding carboxylic acids is 1. The minimum atomic E-state index is -0.963. The Hall–Kier alpha value is -1.75. The van der Waals surface area contributed by atoms with Gasteiger partial charge in [-0.25, -0.2) is 4.79 Å². The average Bonchev–Trinajstić information content (AvgIpc) is 2.80. The number of rotatable bonds is 3. The summed E-state index contributed by atoms with van der Waals surface area (Å²) in [7, 11) is 2.84. The molecule has 1 aliphatic heterocycles. The Bertz CT molecular complexity index is 501. The lowest BCUT2D eigenvalue weighted by molar-refractivity contribution is -0.0235. The summed E-state index contributed by atoms with van der Waals surface area (Å²) in [6.45, 7) is 3.38. The molecule has 19 heavy (non-hydrogen) atoms. The van der Waals surface area contributed by atoms with E-state index < -0.39 is 11.6 Å². The van der Waals surface area contributed by atoms with Gasteiger partial charge in [0.15, 0.2) is 11.5 Å². The van der Waals surface area contributed by atoms with Crippen LogP contribution in [0.2, 0.25) is 0 Å². The maximum atomic E-state index is 11.6. The van der Waals surface area contributed by atoms with Crippen molar-refractivity contribution in [3.05, 3.63) is 23.3 Å². The predicted molar refractivity (Wildman–Crippen MR) is 68.8 cm³/mol. The molecular formula is C14H18O5. The second-order valence-electron chi connectivity index (χ2n) is 5.12. The van der Waals surface area contributed by atoms with Gasteiger partial charge >= 0.3 is 5.97 Å². The molecular weight excluding hydrogens is 248 g/mol. The number of benzene rings is 1. The average molecular weight is 266 g/mol. The van der Waals surface area contributed by atoms with Gasteiger partial charge in [0.2, 0.25) is 0 Å². The van der Waals surface area contributed by atoms with Crippen LogP contribution in [-0.2, 0) is 11.2 Å². The van der Waals surface area contributed by atoms with Crippen LogP contribution in [0.5, 0.6) is 11.5 Å². The standard InChI is InChI=1S/C14H18O5/c1-14(2,16)11-7-8-5-9(13(15)18-4)6-10(17-3)12(8)19-11/h5-6,11,16H,7H2,1-4H3. The van der Waals surface area contributed by atoms with E-state index in [0.717, 1.165) is 5.56 Å². The van der Waals surface area contributed by atoms with E-state index in [1.54, 1.807) is 26.0 Å². The van der Waals surface area contributed by atoms with Crippen molar-refractivity contribution in [2.24, 2.45) is 0 Å². The second kappa shape index (κ2) is 4.74. The number of fused-ring (bicyclic) bond motifs is 1. The first kappa shape index (κ1) is 13.7. The summed E-state index contributed by atoms with van der Waals surface area (Å²) in [5.74, 6) is 0.639. The first-order chi connectivity index (χ1) is 8.86. The smallest absolute Gasteiger partial charge is 0.337 e. The maximum Gasteiger partial charge on any atom is 0.337 e. The van der Waals surface area contributed by atoms with Gasteiger partial charge in [0.1, 0.15) is 6.10 Å². The van der Waals surface area contributed by atoms with E-state index in [1.807, 2.05) is 0 Å². The van der Waals surface area contributed by atoms with Crippen molar-refractivity contribution in [1.29, 1.82) is 0 Å². The molecule has 0 radical (unpaired) electrons. The molecule has 1 atom stereocenters. The molecule has 5 nitrogen and oxygen atoms in total. The topological polar surface area (TPSA) is 65.0 Å². The number of methoxy groups -OCH3 is 2. The van der Waals surface area contributed by atoms with E-state index in [0.29, 0.717) is 23.5 Å². The molecule has 1 N–H and O–H groups in total. The Morgan fingerprint density at radius 3 is 2.63 bits per heavy atom. The van der Waals surface area contributed by atoms with Crippen LogP contribution in [0.1, 0.15) is 29.8 Å². The number of carbonyl (C=O) groups is 1. The van der Waals surface area contributed by atoms with Gasteiger partial charge in [0.25, 0.3) is 0 Å². The number of ether oxygens (including phenoxy) is 3. The van der Waals surface area contributed by atoms with Gasteiger partial charge in [0.05, 0.1) is 25.4 Å². The van der Waals surface area contributed by atoms with Crippen LogP contribution in [0.25, 0.3) is 0 Å². The SMILES string of the molecule is COC(=O)c1cc2c(c(OC)c1)OC(C(C)(C)O)C2. The summed E-state index contributed by atoms with van der Waals surface area (Å²) in [4.78, 5) is 11.6. The van der Waals surface area contributed by atoms with Crippen LogP contribution in [0, 0.1) is 0 Å². The molecule has 104 valence electrons. The van der Waals surface area contributed by atoms with E-state index >= 15 is 0 Å². The highest BCUT2D eigenvalue weighted by Gasteiger charge is 2.37. The third-order valence-corrected chi connectivity index (χ3v) is 3.23. The molecule has 0 fully saturated rings. The number of esters is 1. The van der Waals surface area contributed by atoms with E-state index in [-0.39, 0.29) is 6.10 Å². The normalized spacial score (nSPS) is 17.6. The quantitative estimate of drug-likeness (QED) is 0.841. The molecule has 0 amide bonds. The molecule has 0 saturated heterocycles. The zero-order valence-electron chi connectivity index (χ0n) is 11.5. The predicted octanol–water partition coefficient (Wildman–Crippen LogP) is 1.56. The van der Waals surface area contributed by atoms with Crippen molar-refractivity contribution >= 4 is 5.97 Å². The van der Waals surface area contributed by atoms with Gasteiger partial charge in [0, 0.05) is 12.0 Å². The van der Waals surface area contributed by atoms with Crippen LogP contribution in [-0.4, -0.2) is 37.0 Å². The summed E-state index contributed by atoms with van der Waals surface area (Å²) >= 11 is 0. The lowest BCUT2D eigenvalue weighted by atomic mass is 9.96. The fourth-order valence-electron chi connectivity index (χ4n) is 2.11. The van der Waals surface area contributed by atoms with E-state index in [9.17, 15) is 9.90 Å². The molecule has 1 aromatic carbocycles. The lowest BCUT2D eigenvalue weighted by Crippen LogP contribution is -2.39. The van der Waals surface area contributed by atoms with Gasteiger partial charge < -0.3 is 19.3 Å². The molecule has 2 rings (SSSR count). The van der Waals surface area contributed by atoms with Gasteiger partial charge in [-0.15, -0.1) is 0 Å². The highest BCUT2D eigenvalue weighted by atomic mass is 16.5. The van der Waals surface area contributed by atoms with E-state index in [1.165, 1.54) is 14.2 Å². The van der Waals surface area contributed by atoms with Crippen LogP contribution in [0.4, 0.5) is 0 Å². The monoisotopic (exact) mass is 266 g/mol. The molecule has 0 aromatic heterocycles. The van der Waals surface area contributed by atoms with Crippen LogP contribution in [0.3, 0.4) is 0 Å². The lowest BCUT2D eigenvalue weighted by Gasteiger charge is -2.24. The van der Waals surface area contributed by atoms with Crippen molar-refractivity contribution in [2.45, 2.75) is 32.0 Å². The Balaban J connectivity index is 2.41.